The summed E-state index contributed by atoms with van der Waals surface area (Å²) in [7, 11) is 0. The van der Waals surface area contributed by atoms with Crippen molar-refractivity contribution in [1.29, 1.82) is 0 Å². The molecule has 0 saturated heterocycles. The fourth-order valence-corrected chi connectivity index (χ4v) is 8.32. The van der Waals surface area contributed by atoms with Crippen LogP contribution in [0.1, 0.15) is 40.6 Å². The van der Waals surface area contributed by atoms with Crippen LogP contribution in [0, 0.1) is 0 Å². The third-order valence-corrected chi connectivity index (χ3v) is 9.89. The molecule has 1 heteroatoms. The molecule has 0 spiro atoms. The average Bonchev–Trinajstić information content (AvgIpc) is 3.48. The summed E-state index contributed by atoms with van der Waals surface area (Å²) in [5.74, 6) is 0. The summed E-state index contributed by atoms with van der Waals surface area (Å²) in [6.45, 7) is 0. The van der Waals surface area contributed by atoms with Gasteiger partial charge in [-0.25, -0.2) is 0 Å². The Morgan fingerprint density at radius 3 is 1.71 bits per heavy atom. The van der Waals surface area contributed by atoms with Crippen LogP contribution in [0.3, 0.4) is 0 Å². The zero-order chi connectivity index (χ0) is 18.8. The van der Waals surface area contributed by atoms with E-state index in [0.717, 1.165) is 13.7 Å². The van der Waals surface area contributed by atoms with Crippen molar-refractivity contribution in [2.75, 3.05) is 0 Å². The third kappa shape index (κ3) is 3.57. The first-order valence-electron chi connectivity index (χ1n) is 9.93. The minimum absolute atomic E-state index is 0.542. The molecule has 2 atom stereocenters. The van der Waals surface area contributed by atoms with Gasteiger partial charge in [0, 0.05) is 0 Å². The Morgan fingerprint density at radius 2 is 1.11 bits per heavy atom. The van der Waals surface area contributed by atoms with E-state index in [0.29, 0.717) is 0 Å². The molecule has 0 heterocycles. The van der Waals surface area contributed by atoms with E-state index in [4.69, 9.17) is 0 Å². The van der Waals surface area contributed by atoms with E-state index in [2.05, 4.69) is 109 Å². The second-order valence-corrected chi connectivity index (χ2v) is 11.3. The van der Waals surface area contributed by atoms with Crippen LogP contribution in [0.15, 0.2) is 91.0 Å². The fraction of sp³-hybridized carbons (Fsp3) is 0.111. The van der Waals surface area contributed by atoms with Crippen LogP contribution >= 0.6 is 0 Å². The molecule has 0 fully saturated rings. The van der Waals surface area contributed by atoms with Gasteiger partial charge >= 0.3 is 126 Å². The second kappa shape index (κ2) is 8.02. The summed E-state index contributed by atoms with van der Waals surface area (Å²) in [6.07, 6.45) is 15.0. The maximum atomic E-state index is 2.44. The molecule has 0 radical (unpaired) electrons. The van der Waals surface area contributed by atoms with Gasteiger partial charge in [0.1, 0.15) is 0 Å². The largest absolute Gasteiger partial charge is 0.0795 e. The van der Waals surface area contributed by atoms with E-state index >= 15 is 0 Å². The first-order valence-corrected chi connectivity index (χ1v) is 12.8. The van der Waals surface area contributed by atoms with Crippen LogP contribution in [-0.2, 0) is 29.7 Å². The molecule has 3 aliphatic rings. The number of hydrogen-bond donors (Lipinski definition) is 0. The van der Waals surface area contributed by atoms with Gasteiger partial charge in [0.2, 0.25) is 0 Å². The predicted molar refractivity (Wildman–Crippen MR) is 116 cm³/mol. The topological polar surface area (TPSA) is 0 Å². The fourth-order valence-electron chi connectivity index (χ4n) is 4.18. The van der Waals surface area contributed by atoms with Crippen molar-refractivity contribution in [3.63, 3.8) is 0 Å². The molecule has 0 amide bonds. The van der Waals surface area contributed by atoms with E-state index < -0.39 is 23.2 Å². The minimum atomic E-state index is -0.542. The van der Waals surface area contributed by atoms with Crippen molar-refractivity contribution in [2.45, 2.75) is 13.7 Å². The summed E-state index contributed by atoms with van der Waals surface area (Å²) < 4.78 is 1.47. The third-order valence-electron chi connectivity index (χ3n) is 5.65. The first-order chi connectivity index (χ1) is 13.9. The van der Waals surface area contributed by atoms with E-state index in [1.54, 1.807) is 11.1 Å². The van der Waals surface area contributed by atoms with Crippen molar-refractivity contribution in [3.8, 4) is 0 Å². The molecule has 3 aromatic carbocycles. The zero-order valence-electron chi connectivity index (χ0n) is 15.8. The molecule has 28 heavy (non-hydrogen) atoms. The van der Waals surface area contributed by atoms with Gasteiger partial charge in [-0.15, -0.1) is 0 Å². The molecular weight excluding hydrogens is 416 g/mol. The van der Waals surface area contributed by atoms with E-state index in [-0.39, 0.29) is 0 Å². The van der Waals surface area contributed by atoms with Gasteiger partial charge in [-0.1, -0.05) is 36.4 Å². The van der Waals surface area contributed by atoms with Gasteiger partial charge in [-0.2, -0.15) is 0 Å². The molecule has 0 nitrogen and oxygen atoms in total. The SMILES string of the molecule is C1=C[CH]([Zr][CH]2C=Cc3ccccc32)c2ccccc21.C1=Cc2ccccc2C1. The molecule has 0 N–H and O–H groups in total. The van der Waals surface area contributed by atoms with Crippen LogP contribution in [0.5, 0.6) is 0 Å². The molecule has 6 rings (SSSR count). The summed E-state index contributed by atoms with van der Waals surface area (Å²) in [4.78, 5) is 0. The smallest absolute Gasteiger partial charge is 0.00882 e. The number of benzene rings is 3. The predicted octanol–water partition coefficient (Wildman–Crippen LogP) is 6.86. The van der Waals surface area contributed by atoms with Gasteiger partial charge in [0.25, 0.3) is 0 Å². The normalized spacial score (nSPS) is 19.6. The van der Waals surface area contributed by atoms with Crippen LogP contribution < -0.4 is 0 Å². The van der Waals surface area contributed by atoms with Gasteiger partial charge in [-0.3, -0.25) is 0 Å². The van der Waals surface area contributed by atoms with Crippen molar-refractivity contribution >= 4 is 18.2 Å². The molecule has 3 aromatic rings. The molecule has 0 aromatic heterocycles. The Labute approximate surface area is 178 Å². The molecular formula is C27H22Zr. The van der Waals surface area contributed by atoms with Crippen LogP contribution in [0.4, 0.5) is 0 Å². The Kier molecular flexibility index (Phi) is 5.11. The summed E-state index contributed by atoms with van der Waals surface area (Å²) >= 11 is -0.542. The zero-order valence-corrected chi connectivity index (χ0v) is 18.2. The first kappa shape index (κ1) is 17.8. The maximum absolute atomic E-state index is 2.44. The molecule has 3 aliphatic carbocycles. The van der Waals surface area contributed by atoms with E-state index in [9.17, 15) is 0 Å². The van der Waals surface area contributed by atoms with Gasteiger partial charge in [0.15, 0.2) is 0 Å². The summed E-state index contributed by atoms with van der Waals surface area (Å²) in [5, 5.41) is 0. The van der Waals surface area contributed by atoms with Crippen LogP contribution in [0.25, 0.3) is 18.2 Å². The molecule has 2 unspecified atom stereocenters. The van der Waals surface area contributed by atoms with Crippen molar-refractivity contribution in [1.82, 2.24) is 0 Å². The Balaban J connectivity index is 0.000000158. The summed E-state index contributed by atoms with van der Waals surface area (Å²) in [5.41, 5.74) is 8.83. The quantitative estimate of drug-likeness (QED) is 0.411. The van der Waals surface area contributed by atoms with Crippen molar-refractivity contribution < 1.29 is 23.2 Å². The number of fused-ring (bicyclic) bond motifs is 3. The summed E-state index contributed by atoms with van der Waals surface area (Å²) in [6, 6.07) is 26.2. The van der Waals surface area contributed by atoms with Crippen molar-refractivity contribution in [3.05, 3.63) is 124 Å². The molecule has 134 valence electrons. The second-order valence-electron chi connectivity index (χ2n) is 7.40. The standard InChI is InChI=1S/C9H8.2C9H7.Zr/c3*1-2-5-9-7-3-6-8(9)4-1;/h1-6H,7H2;2*1-7H;. The molecule has 0 saturated carbocycles. The van der Waals surface area contributed by atoms with Crippen LogP contribution in [-0.4, -0.2) is 0 Å². The number of hydrogen-bond acceptors (Lipinski definition) is 0. The molecule has 0 bridgehead atoms. The van der Waals surface area contributed by atoms with E-state index in [1.165, 1.54) is 22.3 Å². The maximum Gasteiger partial charge on any atom is -0.00882 e. The minimum Gasteiger partial charge on any atom is -0.0795 e. The Bertz CT molecular complexity index is 1030. The monoisotopic (exact) mass is 436 g/mol. The van der Waals surface area contributed by atoms with Crippen molar-refractivity contribution in [2.24, 2.45) is 0 Å². The van der Waals surface area contributed by atoms with E-state index in [1.807, 2.05) is 0 Å². The van der Waals surface area contributed by atoms with Crippen LogP contribution in [0.2, 0.25) is 0 Å². The van der Waals surface area contributed by atoms with Gasteiger partial charge < -0.3 is 0 Å². The Morgan fingerprint density at radius 1 is 0.571 bits per heavy atom. The number of rotatable bonds is 2. The van der Waals surface area contributed by atoms with Gasteiger partial charge in [-0.05, 0) is 17.5 Å². The molecule has 0 aliphatic heterocycles. The number of allylic oxidation sites excluding steroid dienone is 3. The average molecular weight is 438 g/mol. The Hall–Kier alpha value is -2.24. The van der Waals surface area contributed by atoms with Gasteiger partial charge in [0.05, 0.1) is 0 Å².